The summed E-state index contributed by atoms with van der Waals surface area (Å²) in [5.74, 6) is 1.84. The molecule has 1 unspecified atom stereocenters. The molecule has 0 fully saturated rings. The Balaban J connectivity index is 2.25. The summed E-state index contributed by atoms with van der Waals surface area (Å²) >= 11 is 0. The number of hydrogen-bond donors (Lipinski definition) is 0. The van der Waals surface area contributed by atoms with Gasteiger partial charge in [0, 0.05) is 5.92 Å². The van der Waals surface area contributed by atoms with E-state index in [-0.39, 0.29) is 0 Å². The van der Waals surface area contributed by atoms with Crippen LogP contribution in [0.3, 0.4) is 0 Å². The summed E-state index contributed by atoms with van der Waals surface area (Å²) in [5, 5.41) is 0. The van der Waals surface area contributed by atoms with Crippen molar-refractivity contribution in [3.8, 4) is 0 Å². The Labute approximate surface area is 58.0 Å². The molecule has 0 spiro atoms. The maximum Gasteiger partial charge on any atom is 0.000505 e. The summed E-state index contributed by atoms with van der Waals surface area (Å²) in [6, 6.07) is 0. The Morgan fingerprint density at radius 3 is 2.00 bits per heavy atom. The molecule has 0 radical (unpaired) electrons. The van der Waals surface area contributed by atoms with Gasteiger partial charge in [-0.1, -0.05) is 38.3 Å². The van der Waals surface area contributed by atoms with Crippen molar-refractivity contribution in [1.29, 1.82) is 0 Å². The van der Waals surface area contributed by atoms with Crippen LogP contribution in [0.4, 0.5) is 0 Å². The van der Waals surface area contributed by atoms with Crippen LogP contribution in [0.25, 0.3) is 0 Å². The summed E-state index contributed by atoms with van der Waals surface area (Å²) in [7, 11) is 0. The first-order chi connectivity index (χ1) is 4.29. The summed E-state index contributed by atoms with van der Waals surface area (Å²) in [6.07, 6.45) is 5.07. The molecule has 0 heterocycles. The number of rotatable bonds is 3. The fourth-order valence-electron chi connectivity index (χ4n) is 1.54. The van der Waals surface area contributed by atoms with Gasteiger partial charge in [-0.15, -0.1) is 0 Å². The normalized spacial score (nSPS) is 24.4. The van der Waals surface area contributed by atoms with E-state index in [0.717, 1.165) is 11.8 Å². The smallest absolute Gasteiger partial charge is 0.000505 e. The predicted octanol–water partition coefficient (Wildman–Crippen LogP) is 3.00. The van der Waals surface area contributed by atoms with Crippen molar-refractivity contribution < 1.29 is 0 Å². The Morgan fingerprint density at radius 1 is 1.44 bits per heavy atom. The van der Waals surface area contributed by atoms with Gasteiger partial charge in [-0.2, -0.15) is 0 Å². The largest absolute Gasteiger partial charge is 0.0776 e. The lowest BCUT2D eigenvalue weighted by Gasteiger charge is -2.10. The van der Waals surface area contributed by atoms with E-state index in [9.17, 15) is 0 Å². The maximum atomic E-state index is 2.39. The highest BCUT2D eigenvalue weighted by molar-refractivity contribution is 5.27. The van der Waals surface area contributed by atoms with Gasteiger partial charge in [0.2, 0.25) is 0 Å². The molecular weight excluding hydrogens is 108 g/mol. The van der Waals surface area contributed by atoms with E-state index < -0.39 is 0 Å². The van der Waals surface area contributed by atoms with Crippen LogP contribution in [-0.4, -0.2) is 0 Å². The Kier molecular flexibility index (Phi) is 1.94. The van der Waals surface area contributed by atoms with E-state index in [1.165, 1.54) is 12.8 Å². The molecule has 0 nitrogen and oxygen atoms in total. The molecule has 52 valence electrons. The monoisotopic (exact) mass is 124 g/mol. The molecule has 1 atom stereocenters. The molecule has 1 aliphatic carbocycles. The van der Waals surface area contributed by atoms with E-state index in [0.29, 0.717) is 0 Å². The quantitative estimate of drug-likeness (QED) is 0.507. The zero-order chi connectivity index (χ0) is 6.85. The van der Waals surface area contributed by atoms with Gasteiger partial charge in [-0.25, -0.2) is 0 Å². The average molecular weight is 124 g/mol. The second-order valence-electron chi connectivity index (χ2n) is 3.01. The molecule has 0 aromatic heterocycles. The molecule has 1 rings (SSSR count). The molecule has 0 saturated carbocycles. The van der Waals surface area contributed by atoms with Crippen LogP contribution in [-0.2, 0) is 0 Å². The van der Waals surface area contributed by atoms with E-state index >= 15 is 0 Å². The van der Waals surface area contributed by atoms with Crippen molar-refractivity contribution >= 4 is 0 Å². The lowest BCUT2D eigenvalue weighted by molar-refractivity contribution is 0.450. The lowest BCUT2D eigenvalue weighted by atomic mass is 9.95. The van der Waals surface area contributed by atoms with Gasteiger partial charge in [0.05, 0.1) is 0 Å². The van der Waals surface area contributed by atoms with Crippen LogP contribution in [0, 0.1) is 11.8 Å². The Bertz CT molecular complexity index is 118. The minimum atomic E-state index is 0.889. The van der Waals surface area contributed by atoms with Gasteiger partial charge in [0.25, 0.3) is 0 Å². The van der Waals surface area contributed by atoms with E-state index in [1.54, 1.807) is 5.57 Å². The van der Waals surface area contributed by atoms with Gasteiger partial charge >= 0.3 is 0 Å². The minimum Gasteiger partial charge on any atom is -0.0776 e. The summed E-state index contributed by atoms with van der Waals surface area (Å²) in [6.45, 7) is 6.81. The van der Waals surface area contributed by atoms with E-state index in [4.69, 9.17) is 0 Å². The second kappa shape index (κ2) is 2.55. The SMILES string of the molecule is CCC(CC)C1C=C1C. The van der Waals surface area contributed by atoms with Crippen LogP contribution in [0.5, 0.6) is 0 Å². The first-order valence-electron chi connectivity index (χ1n) is 3.97. The summed E-state index contributed by atoms with van der Waals surface area (Å²) in [5.41, 5.74) is 1.61. The van der Waals surface area contributed by atoms with Crippen LogP contribution >= 0.6 is 0 Å². The fraction of sp³-hybridized carbons (Fsp3) is 0.778. The van der Waals surface area contributed by atoms with Crippen molar-refractivity contribution in [3.05, 3.63) is 11.6 Å². The maximum absolute atomic E-state index is 2.39. The molecule has 1 aliphatic rings. The summed E-state index contributed by atoms with van der Waals surface area (Å²) in [4.78, 5) is 0. The van der Waals surface area contributed by atoms with Gasteiger partial charge in [-0.05, 0) is 12.8 Å². The lowest BCUT2D eigenvalue weighted by Crippen LogP contribution is -2.00. The van der Waals surface area contributed by atoms with Gasteiger partial charge in [0.15, 0.2) is 0 Å². The van der Waals surface area contributed by atoms with Crippen LogP contribution < -0.4 is 0 Å². The third kappa shape index (κ3) is 1.35. The third-order valence-electron chi connectivity index (χ3n) is 2.42. The van der Waals surface area contributed by atoms with Crippen molar-refractivity contribution in [2.45, 2.75) is 33.6 Å². The first-order valence-corrected chi connectivity index (χ1v) is 3.97. The molecule has 0 saturated heterocycles. The molecule has 0 aliphatic heterocycles. The van der Waals surface area contributed by atoms with Crippen molar-refractivity contribution in [2.75, 3.05) is 0 Å². The third-order valence-corrected chi connectivity index (χ3v) is 2.42. The topological polar surface area (TPSA) is 0 Å². The fourth-order valence-corrected chi connectivity index (χ4v) is 1.54. The first kappa shape index (κ1) is 6.85. The molecule has 0 heteroatoms. The Morgan fingerprint density at radius 2 is 1.89 bits per heavy atom. The van der Waals surface area contributed by atoms with Crippen LogP contribution in [0.15, 0.2) is 11.6 Å². The Hall–Kier alpha value is -0.260. The summed E-state index contributed by atoms with van der Waals surface area (Å²) < 4.78 is 0. The van der Waals surface area contributed by atoms with E-state index in [1.807, 2.05) is 0 Å². The van der Waals surface area contributed by atoms with Gasteiger partial charge in [0.1, 0.15) is 0 Å². The predicted molar refractivity (Wildman–Crippen MR) is 41.3 cm³/mol. The number of allylic oxidation sites excluding steroid dienone is 2. The second-order valence-corrected chi connectivity index (χ2v) is 3.01. The molecule has 0 amide bonds. The van der Waals surface area contributed by atoms with Crippen molar-refractivity contribution in [1.82, 2.24) is 0 Å². The van der Waals surface area contributed by atoms with Crippen LogP contribution in [0.1, 0.15) is 33.6 Å². The molecule has 0 aromatic rings. The highest BCUT2D eigenvalue weighted by atomic mass is 14.3. The van der Waals surface area contributed by atoms with Gasteiger partial charge < -0.3 is 0 Å². The molecule has 9 heavy (non-hydrogen) atoms. The highest BCUT2D eigenvalue weighted by Gasteiger charge is 2.26. The average Bonchev–Trinajstić information content (AvgIpc) is 2.51. The minimum absolute atomic E-state index is 0.889. The molecule has 0 aromatic carbocycles. The molecule has 0 bridgehead atoms. The van der Waals surface area contributed by atoms with Gasteiger partial charge in [-0.3, -0.25) is 0 Å². The standard InChI is InChI=1S/C9H16/c1-4-8(5-2)9-6-7(9)3/h6,8-9H,4-5H2,1-3H3. The zero-order valence-corrected chi connectivity index (χ0v) is 6.65. The number of hydrogen-bond acceptors (Lipinski definition) is 0. The van der Waals surface area contributed by atoms with Crippen LogP contribution in [0.2, 0.25) is 0 Å². The van der Waals surface area contributed by atoms with Crippen molar-refractivity contribution in [3.63, 3.8) is 0 Å². The zero-order valence-electron chi connectivity index (χ0n) is 6.65. The molecule has 0 N–H and O–H groups in total. The molecular formula is C9H16. The van der Waals surface area contributed by atoms with E-state index in [2.05, 4.69) is 26.8 Å². The highest BCUT2D eigenvalue weighted by Crippen LogP contribution is 2.38. The van der Waals surface area contributed by atoms with Crippen molar-refractivity contribution in [2.24, 2.45) is 11.8 Å².